The molecule has 6 heteroatoms. The van der Waals surface area contributed by atoms with E-state index >= 15 is 0 Å². The van der Waals surface area contributed by atoms with Gasteiger partial charge in [-0.1, -0.05) is 30.3 Å². The number of hydrogen-bond acceptors (Lipinski definition) is 5. The molecule has 1 fully saturated rings. The van der Waals surface area contributed by atoms with Crippen molar-refractivity contribution in [2.45, 2.75) is 13.8 Å². The van der Waals surface area contributed by atoms with E-state index in [0.29, 0.717) is 21.6 Å². The molecule has 1 aliphatic heterocycles. The van der Waals surface area contributed by atoms with Gasteiger partial charge in [-0.05, 0) is 84.8 Å². The highest BCUT2D eigenvalue weighted by atomic mass is 32.2. The predicted octanol–water partition coefficient (Wildman–Crippen LogP) is 6.13. The van der Waals surface area contributed by atoms with Crippen molar-refractivity contribution in [3.63, 3.8) is 0 Å². The SMILES string of the molecule is COc1ccc(/C=C2/SC(=Nc3cccc(C)c3)N(c3cccc(C)c3)C2=O)cc1OC. The maximum absolute atomic E-state index is 13.5. The van der Waals surface area contributed by atoms with Gasteiger partial charge < -0.3 is 9.47 Å². The van der Waals surface area contributed by atoms with E-state index in [-0.39, 0.29) is 5.91 Å². The lowest BCUT2D eigenvalue weighted by Crippen LogP contribution is -2.28. The minimum Gasteiger partial charge on any atom is -0.493 e. The Kier molecular flexibility index (Phi) is 6.32. The van der Waals surface area contributed by atoms with Gasteiger partial charge >= 0.3 is 0 Å². The summed E-state index contributed by atoms with van der Waals surface area (Å²) in [6.45, 7) is 4.03. The molecule has 5 nitrogen and oxygen atoms in total. The van der Waals surface area contributed by atoms with Crippen LogP contribution in [0.15, 0.2) is 76.6 Å². The molecule has 1 heterocycles. The number of methoxy groups -OCH3 is 2. The molecule has 162 valence electrons. The van der Waals surface area contributed by atoms with Crippen LogP contribution < -0.4 is 14.4 Å². The molecule has 3 aromatic rings. The van der Waals surface area contributed by atoms with E-state index in [1.807, 2.05) is 86.7 Å². The molecule has 0 atom stereocenters. The molecular weight excluding hydrogens is 420 g/mol. The molecule has 0 saturated carbocycles. The van der Waals surface area contributed by atoms with E-state index in [2.05, 4.69) is 0 Å². The number of amides is 1. The average molecular weight is 445 g/mol. The van der Waals surface area contributed by atoms with Crippen LogP contribution in [0.25, 0.3) is 6.08 Å². The van der Waals surface area contributed by atoms with E-state index < -0.39 is 0 Å². The minimum absolute atomic E-state index is 0.109. The quantitative estimate of drug-likeness (QED) is 0.444. The normalized spacial score (nSPS) is 16.1. The Morgan fingerprint density at radius 2 is 1.59 bits per heavy atom. The number of rotatable bonds is 5. The Morgan fingerprint density at radius 3 is 2.28 bits per heavy atom. The van der Waals surface area contributed by atoms with Crippen molar-refractivity contribution in [3.05, 3.63) is 88.3 Å². The van der Waals surface area contributed by atoms with Crippen LogP contribution >= 0.6 is 11.8 Å². The number of aryl methyl sites for hydroxylation is 2. The lowest BCUT2D eigenvalue weighted by molar-refractivity contribution is -0.113. The molecule has 32 heavy (non-hydrogen) atoms. The van der Waals surface area contributed by atoms with Gasteiger partial charge in [0.2, 0.25) is 0 Å². The Balaban J connectivity index is 1.78. The van der Waals surface area contributed by atoms with Gasteiger partial charge in [-0.25, -0.2) is 4.99 Å². The highest BCUT2D eigenvalue weighted by Crippen LogP contribution is 2.38. The second kappa shape index (κ2) is 9.32. The third-order valence-corrected chi connectivity index (χ3v) is 5.97. The summed E-state index contributed by atoms with van der Waals surface area (Å²) < 4.78 is 10.7. The molecule has 4 rings (SSSR count). The van der Waals surface area contributed by atoms with Gasteiger partial charge in [0, 0.05) is 0 Å². The lowest BCUT2D eigenvalue weighted by Gasteiger charge is -2.16. The van der Waals surface area contributed by atoms with Crippen molar-refractivity contribution in [2.24, 2.45) is 4.99 Å². The third kappa shape index (κ3) is 4.55. The van der Waals surface area contributed by atoms with Gasteiger partial charge in [0.1, 0.15) is 0 Å². The third-order valence-electron chi connectivity index (χ3n) is 5.00. The number of aliphatic imine (C=N–C) groups is 1. The average Bonchev–Trinajstić information content (AvgIpc) is 3.08. The molecular formula is C26H24N2O3S. The van der Waals surface area contributed by atoms with Gasteiger partial charge in [0.25, 0.3) is 5.91 Å². The lowest BCUT2D eigenvalue weighted by atomic mass is 10.1. The molecule has 0 aromatic heterocycles. The molecule has 0 unspecified atom stereocenters. The molecule has 1 saturated heterocycles. The van der Waals surface area contributed by atoms with Crippen molar-refractivity contribution in [3.8, 4) is 11.5 Å². The predicted molar refractivity (Wildman–Crippen MR) is 132 cm³/mol. The van der Waals surface area contributed by atoms with Crippen LogP contribution in [0.5, 0.6) is 11.5 Å². The topological polar surface area (TPSA) is 51.1 Å². The zero-order valence-electron chi connectivity index (χ0n) is 18.5. The zero-order chi connectivity index (χ0) is 22.7. The fourth-order valence-electron chi connectivity index (χ4n) is 3.45. The van der Waals surface area contributed by atoms with Crippen LogP contribution in [0.2, 0.25) is 0 Å². The smallest absolute Gasteiger partial charge is 0.271 e. The van der Waals surface area contributed by atoms with Crippen molar-refractivity contribution in [1.29, 1.82) is 0 Å². The van der Waals surface area contributed by atoms with Crippen molar-refractivity contribution >= 4 is 40.3 Å². The van der Waals surface area contributed by atoms with Crippen molar-refractivity contribution in [1.82, 2.24) is 0 Å². The molecule has 0 spiro atoms. The van der Waals surface area contributed by atoms with Crippen LogP contribution in [-0.4, -0.2) is 25.3 Å². The van der Waals surface area contributed by atoms with Crippen LogP contribution in [-0.2, 0) is 4.79 Å². The van der Waals surface area contributed by atoms with E-state index in [0.717, 1.165) is 28.1 Å². The van der Waals surface area contributed by atoms with Gasteiger partial charge in [-0.15, -0.1) is 0 Å². The fraction of sp³-hybridized carbons (Fsp3) is 0.154. The Bertz CT molecular complexity index is 1230. The van der Waals surface area contributed by atoms with E-state index in [9.17, 15) is 4.79 Å². The highest BCUT2D eigenvalue weighted by Gasteiger charge is 2.34. The summed E-state index contributed by atoms with van der Waals surface area (Å²) in [5.41, 5.74) is 4.64. The first-order chi connectivity index (χ1) is 15.5. The van der Waals surface area contributed by atoms with Gasteiger partial charge in [0.05, 0.1) is 30.5 Å². The van der Waals surface area contributed by atoms with E-state index in [1.165, 1.54) is 11.8 Å². The monoisotopic (exact) mass is 444 g/mol. The van der Waals surface area contributed by atoms with E-state index in [1.54, 1.807) is 19.1 Å². The number of amidine groups is 1. The van der Waals surface area contributed by atoms with Crippen LogP contribution in [0, 0.1) is 13.8 Å². The van der Waals surface area contributed by atoms with Crippen molar-refractivity contribution < 1.29 is 14.3 Å². The second-order valence-corrected chi connectivity index (χ2v) is 8.45. The molecule has 0 radical (unpaired) electrons. The van der Waals surface area contributed by atoms with Crippen LogP contribution in [0.3, 0.4) is 0 Å². The highest BCUT2D eigenvalue weighted by molar-refractivity contribution is 8.19. The van der Waals surface area contributed by atoms with Gasteiger partial charge in [-0.2, -0.15) is 0 Å². The number of ether oxygens (including phenoxy) is 2. The largest absolute Gasteiger partial charge is 0.493 e. The first-order valence-electron chi connectivity index (χ1n) is 10.2. The summed E-state index contributed by atoms with van der Waals surface area (Å²) in [4.78, 5) is 20.5. The molecule has 3 aromatic carbocycles. The summed E-state index contributed by atoms with van der Waals surface area (Å²) in [6.07, 6.45) is 1.86. The Labute approximate surface area is 192 Å². The number of thioether (sulfide) groups is 1. The molecule has 0 N–H and O–H groups in total. The summed E-state index contributed by atoms with van der Waals surface area (Å²) in [5, 5.41) is 0.623. The minimum atomic E-state index is -0.109. The Morgan fingerprint density at radius 1 is 0.875 bits per heavy atom. The number of nitrogens with zero attached hydrogens (tertiary/aromatic N) is 2. The summed E-state index contributed by atoms with van der Waals surface area (Å²) in [6, 6.07) is 21.4. The number of benzene rings is 3. The summed E-state index contributed by atoms with van der Waals surface area (Å²) in [7, 11) is 3.19. The maximum atomic E-state index is 13.5. The maximum Gasteiger partial charge on any atom is 0.271 e. The second-order valence-electron chi connectivity index (χ2n) is 7.44. The first kappa shape index (κ1) is 21.7. The molecule has 1 amide bonds. The van der Waals surface area contributed by atoms with Gasteiger partial charge in [-0.3, -0.25) is 9.69 Å². The molecule has 0 aliphatic carbocycles. The fourth-order valence-corrected chi connectivity index (χ4v) is 4.45. The van der Waals surface area contributed by atoms with Crippen molar-refractivity contribution in [2.75, 3.05) is 19.1 Å². The number of carbonyl (C=O) groups excluding carboxylic acids is 1. The molecule has 1 aliphatic rings. The standard InChI is InChI=1S/C26H24N2O3S/c1-17-7-5-9-20(13-17)27-26-28(21-10-6-8-18(2)14-21)25(29)24(32-26)16-19-11-12-22(30-3)23(15-19)31-4/h5-16H,1-4H3/b24-16+,27-26?. The first-order valence-corrected chi connectivity index (χ1v) is 11.0. The summed E-state index contributed by atoms with van der Waals surface area (Å²) >= 11 is 1.36. The van der Waals surface area contributed by atoms with Crippen LogP contribution in [0.4, 0.5) is 11.4 Å². The number of anilines is 1. The van der Waals surface area contributed by atoms with Gasteiger partial charge in [0.15, 0.2) is 16.7 Å². The van der Waals surface area contributed by atoms with Crippen LogP contribution in [0.1, 0.15) is 16.7 Å². The summed E-state index contributed by atoms with van der Waals surface area (Å²) in [5.74, 6) is 1.14. The number of hydrogen-bond donors (Lipinski definition) is 0. The zero-order valence-corrected chi connectivity index (χ0v) is 19.3. The van der Waals surface area contributed by atoms with E-state index in [4.69, 9.17) is 14.5 Å². The number of carbonyl (C=O) groups is 1. The molecule has 0 bridgehead atoms. The Hall–Kier alpha value is -3.51.